The van der Waals surface area contributed by atoms with Crippen LogP contribution in [0.4, 0.5) is 0 Å². The Bertz CT molecular complexity index is 964. The highest BCUT2D eigenvalue weighted by Gasteiger charge is 2.15. The molecule has 0 atom stereocenters. The van der Waals surface area contributed by atoms with Crippen molar-refractivity contribution in [2.75, 3.05) is 59.8 Å². The second-order valence-electron chi connectivity index (χ2n) is 7.05. The summed E-state index contributed by atoms with van der Waals surface area (Å²) < 4.78 is 28.5. The second-order valence-corrected chi connectivity index (χ2v) is 7.05. The van der Waals surface area contributed by atoms with Gasteiger partial charge in [-0.3, -0.25) is 4.90 Å². The van der Waals surface area contributed by atoms with Crippen LogP contribution >= 0.6 is 0 Å². The van der Waals surface area contributed by atoms with Gasteiger partial charge in [0.25, 0.3) is 0 Å². The number of benzene rings is 2. The summed E-state index contributed by atoms with van der Waals surface area (Å²) in [5.74, 6) is 2.43. The molecule has 0 amide bonds. The summed E-state index contributed by atoms with van der Waals surface area (Å²) >= 11 is 0. The predicted octanol–water partition coefficient (Wildman–Crippen LogP) is 3.16. The first-order valence-corrected chi connectivity index (χ1v) is 10.4. The fourth-order valence-electron chi connectivity index (χ4n) is 3.29. The number of morpholine rings is 1. The average molecular weight is 425 g/mol. The molecule has 0 saturated carbocycles. The maximum Gasteiger partial charge on any atom is 0.230 e. The van der Waals surface area contributed by atoms with Crippen molar-refractivity contribution in [2.45, 2.75) is 0 Å². The first kappa shape index (κ1) is 21.3. The van der Waals surface area contributed by atoms with Gasteiger partial charge in [-0.15, -0.1) is 0 Å². The molecule has 0 unspecified atom stereocenters. The zero-order chi connectivity index (χ0) is 21.3. The van der Waals surface area contributed by atoms with Gasteiger partial charge in [-0.25, -0.2) is 9.97 Å². The molecule has 1 saturated heterocycles. The normalized spacial score (nSPS) is 14.5. The molecule has 1 aliphatic rings. The number of fused-ring (bicyclic) bond motifs is 1. The van der Waals surface area contributed by atoms with Gasteiger partial charge in [0.2, 0.25) is 5.88 Å². The fraction of sp³-hybridized carbons (Fsp3) is 0.391. The minimum Gasteiger partial charge on any atom is -0.488 e. The van der Waals surface area contributed by atoms with E-state index in [2.05, 4.69) is 14.9 Å². The van der Waals surface area contributed by atoms with Crippen LogP contribution in [0.2, 0.25) is 0 Å². The molecule has 31 heavy (non-hydrogen) atoms. The summed E-state index contributed by atoms with van der Waals surface area (Å²) in [4.78, 5) is 11.0. The zero-order valence-corrected chi connectivity index (χ0v) is 17.7. The van der Waals surface area contributed by atoms with Gasteiger partial charge in [0.15, 0.2) is 11.5 Å². The second kappa shape index (κ2) is 10.9. The van der Waals surface area contributed by atoms with Crippen LogP contribution in [0.15, 0.2) is 48.8 Å². The Labute approximate surface area is 181 Å². The van der Waals surface area contributed by atoms with Gasteiger partial charge in [0.05, 0.1) is 30.7 Å². The van der Waals surface area contributed by atoms with Crippen LogP contribution in [-0.2, 0) is 9.47 Å². The minimum atomic E-state index is 0.417. The largest absolute Gasteiger partial charge is 0.488 e. The lowest BCUT2D eigenvalue weighted by Gasteiger charge is -2.26. The van der Waals surface area contributed by atoms with E-state index in [1.165, 1.54) is 6.33 Å². The molecule has 1 aromatic heterocycles. The standard InChI is InChI=1S/C23H27N3O5/c1-27-13-14-30-22-16-20-19(15-21(22)29-12-9-26-7-10-28-11-8-26)23(25-17-24-20)31-18-5-3-2-4-6-18/h2-6,15-17H,7-14H2,1H3. The number of ether oxygens (including phenoxy) is 5. The molecule has 1 aliphatic heterocycles. The van der Waals surface area contributed by atoms with E-state index in [0.29, 0.717) is 48.5 Å². The molecule has 0 bridgehead atoms. The van der Waals surface area contributed by atoms with Crippen molar-refractivity contribution in [3.05, 3.63) is 48.8 Å². The third-order valence-corrected chi connectivity index (χ3v) is 4.94. The van der Waals surface area contributed by atoms with Crippen LogP contribution in [0, 0.1) is 0 Å². The van der Waals surface area contributed by atoms with E-state index >= 15 is 0 Å². The van der Waals surface area contributed by atoms with E-state index in [1.54, 1.807) is 7.11 Å². The molecule has 4 rings (SSSR count). The maximum atomic E-state index is 6.12. The van der Waals surface area contributed by atoms with E-state index in [0.717, 1.165) is 38.2 Å². The van der Waals surface area contributed by atoms with Gasteiger partial charge in [0, 0.05) is 32.8 Å². The number of hydrogen-bond acceptors (Lipinski definition) is 8. The Morgan fingerprint density at radius 2 is 1.71 bits per heavy atom. The SMILES string of the molecule is COCCOc1cc2ncnc(Oc3ccccc3)c2cc1OCCN1CCOCC1. The van der Waals surface area contributed by atoms with Crippen molar-refractivity contribution >= 4 is 10.9 Å². The summed E-state index contributed by atoms with van der Waals surface area (Å²) in [6, 6.07) is 13.3. The van der Waals surface area contributed by atoms with Crippen LogP contribution in [0.5, 0.6) is 23.1 Å². The minimum absolute atomic E-state index is 0.417. The van der Waals surface area contributed by atoms with Gasteiger partial charge >= 0.3 is 0 Å². The third kappa shape index (κ3) is 5.81. The van der Waals surface area contributed by atoms with Gasteiger partial charge in [0.1, 0.15) is 25.3 Å². The van der Waals surface area contributed by atoms with E-state index in [9.17, 15) is 0 Å². The molecule has 8 nitrogen and oxygen atoms in total. The number of aromatic nitrogens is 2. The van der Waals surface area contributed by atoms with E-state index in [4.69, 9.17) is 23.7 Å². The smallest absolute Gasteiger partial charge is 0.230 e. The van der Waals surface area contributed by atoms with Gasteiger partial charge in [-0.2, -0.15) is 0 Å². The predicted molar refractivity (Wildman–Crippen MR) is 116 cm³/mol. The number of methoxy groups -OCH3 is 1. The van der Waals surface area contributed by atoms with Crippen molar-refractivity contribution in [3.63, 3.8) is 0 Å². The molecule has 0 radical (unpaired) electrons. The molecular formula is C23H27N3O5. The number of para-hydroxylation sites is 1. The lowest BCUT2D eigenvalue weighted by molar-refractivity contribution is 0.0320. The van der Waals surface area contributed by atoms with Crippen molar-refractivity contribution in [3.8, 4) is 23.1 Å². The van der Waals surface area contributed by atoms with E-state index in [1.807, 2.05) is 42.5 Å². The van der Waals surface area contributed by atoms with Crippen molar-refractivity contribution in [1.29, 1.82) is 0 Å². The van der Waals surface area contributed by atoms with E-state index < -0.39 is 0 Å². The van der Waals surface area contributed by atoms with Crippen molar-refractivity contribution in [1.82, 2.24) is 14.9 Å². The number of rotatable bonds is 10. The first-order chi connectivity index (χ1) is 15.3. The molecule has 164 valence electrons. The maximum absolute atomic E-state index is 6.12. The van der Waals surface area contributed by atoms with Gasteiger partial charge in [-0.1, -0.05) is 18.2 Å². The topological polar surface area (TPSA) is 75.2 Å². The Kier molecular flexibility index (Phi) is 7.49. The highest BCUT2D eigenvalue weighted by Crippen LogP contribution is 2.36. The van der Waals surface area contributed by atoms with Gasteiger partial charge in [-0.05, 0) is 18.2 Å². The summed E-state index contributed by atoms with van der Waals surface area (Å²) in [6.07, 6.45) is 1.48. The molecule has 0 aliphatic carbocycles. The highest BCUT2D eigenvalue weighted by molar-refractivity contribution is 5.87. The van der Waals surface area contributed by atoms with Gasteiger partial charge < -0.3 is 23.7 Å². The molecule has 1 fully saturated rings. The van der Waals surface area contributed by atoms with E-state index in [-0.39, 0.29) is 0 Å². The Morgan fingerprint density at radius 1 is 0.935 bits per heavy atom. The quantitative estimate of drug-likeness (QED) is 0.459. The van der Waals surface area contributed by atoms with Crippen molar-refractivity contribution < 1.29 is 23.7 Å². The highest BCUT2D eigenvalue weighted by atomic mass is 16.5. The number of hydrogen-bond donors (Lipinski definition) is 0. The summed E-state index contributed by atoms with van der Waals surface area (Å²) in [7, 11) is 1.64. The summed E-state index contributed by atoms with van der Waals surface area (Å²) in [6.45, 7) is 5.62. The fourth-order valence-corrected chi connectivity index (χ4v) is 3.29. The Morgan fingerprint density at radius 3 is 2.52 bits per heavy atom. The lowest BCUT2D eigenvalue weighted by atomic mass is 10.2. The van der Waals surface area contributed by atoms with Crippen LogP contribution in [0.1, 0.15) is 0 Å². The van der Waals surface area contributed by atoms with Crippen LogP contribution < -0.4 is 14.2 Å². The third-order valence-electron chi connectivity index (χ3n) is 4.94. The molecule has 8 heteroatoms. The average Bonchev–Trinajstić information content (AvgIpc) is 2.81. The summed E-state index contributed by atoms with van der Waals surface area (Å²) in [5, 5.41) is 0.756. The molecular weight excluding hydrogens is 398 g/mol. The first-order valence-electron chi connectivity index (χ1n) is 10.4. The Hall–Kier alpha value is -2.94. The van der Waals surface area contributed by atoms with Crippen LogP contribution in [-0.4, -0.2) is 74.6 Å². The molecule has 2 heterocycles. The monoisotopic (exact) mass is 425 g/mol. The van der Waals surface area contributed by atoms with Crippen molar-refractivity contribution in [2.24, 2.45) is 0 Å². The molecule has 2 aromatic carbocycles. The van der Waals surface area contributed by atoms with Crippen LogP contribution in [0.3, 0.4) is 0 Å². The molecule has 3 aromatic rings. The zero-order valence-electron chi connectivity index (χ0n) is 17.7. The number of nitrogens with zero attached hydrogens (tertiary/aromatic N) is 3. The Balaban J connectivity index is 1.56. The summed E-state index contributed by atoms with van der Waals surface area (Å²) in [5.41, 5.74) is 0.717. The molecule has 0 spiro atoms. The lowest BCUT2D eigenvalue weighted by Crippen LogP contribution is -2.38. The van der Waals surface area contributed by atoms with Crippen LogP contribution in [0.25, 0.3) is 10.9 Å². The molecule has 0 N–H and O–H groups in total.